The fourth-order valence-corrected chi connectivity index (χ4v) is 5.63. The van der Waals surface area contributed by atoms with Crippen molar-refractivity contribution >= 4 is 18.8 Å². The fourth-order valence-electron chi connectivity index (χ4n) is 3.24. The van der Waals surface area contributed by atoms with Gasteiger partial charge in [-0.3, -0.25) is 9.36 Å². The summed E-state index contributed by atoms with van der Waals surface area (Å²) in [7, 11) is -1.85. The lowest BCUT2D eigenvalue weighted by Gasteiger charge is -2.40. The molecule has 3 rings (SSSR count). The topological polar surface area (TPSA) is 65.1 Å². The Morgan fingerprint density at radius 3 is 2.52 bits per heavy atom. The second-order valence-electron chi connectivity index (χ2n) is 6.17. The van der Waals surface area contributed by atoms with Gasteiger partial charge in [-0.2, -0.15) is 0 Å². The summed E-state index contributed by atoms with van der Waals surface area (Å²) in [4.78, 5) is 12.2. The molecule has 2 aromatic carbocycles. The number of hydrogen-bond donors (Lipinski definition) is 0. The van der Waals surface area contributed by atoms with Crippen molar-refractivity contribution in [2.24, 2.45) is 0 Å². The van der Waals surface area contributed by atoms with Crippen LogP contribution in [0.5, 0.6) is 5.75 Å². The van der Waals surface area contributed by atoms with Crippen LogP contribution in [0.1, 0.15) is 24.9 Å². The fraction of sp³-hybridized carbons (Fsp3) is 0.350. The number of benzene rings is 2. The summed E-state index contributed by atoms with van der Waals surface area (Å²) in [5.41, 5.74) is 0.999. The largest absolute Gasteiger partial charge is 0.497 e. The van der Waals surface area contributed by atoms with Gasteiger partial charge in [0.2, 0.25) is 0 Å². The molecule has 0 saturated carbocycles. The van der Waals surface area contributed by atoms with Crippen LogP contribution in [-0.2, 0) is 18.6 Å². The Kier molecular flexibility index (Phi) is 6.32. The SMILES string of the molecule is CCOC(=O)CN1C(c2ccccc2)CCOP1(=O)c1ccc(OC)cc1. The molecule has 6 nitrogen and oxygen atoms in total. The van der Waals surface area contributed by atoms with Gasteiger partial charge in [-0.25, -0.2) is 4.67 Å². The first-order valence-corrected chi connectivity index (χ1v) is 10.5. The summed E-state index contributed by atoms with van der Waals surface area (Å²) in [5.74, 6) is 0.247. The average molecular weight is 389 g/mol. The van der Waals surface area contributed by atoms with E-state index in [4.69, 9.17) is 14.0 Å². The van der Waals surface area contributed by atoms with Gasteiger partial charge in [0.25, 0.3) is 0 Å². The molecule has 2 aromatic rings. The first-order chi connectivity index (χ1) is 13.1. The molecule has 7 heteroatoms. The number of carbonyl (C=O) groups is 1. The van der Waals surface area contributed by atoms with E-state index in [0.717, 1.165) is 5.56 Å². The third kappa shape index (κ3) is 4.24. The first-order valence-electron chi connectivity index (χ1n) is 8.95. The third-order valence-corrected chi connectivity index (χ3v) is 7.11. The zero-order valence-corrected chi connectivity index (χ0v) is 16.4. The zero-order chi connectivity index (χ0) is 19.3. The predicted molar refractivity (Wildman–Crippen MR) is 103 cm³/mol. The van der Waals surface area contributed by atoms with E-state index in [1.807, 2.05) is 30.3 Å². The molecule has 0 bridgehead atoms. The number of nitrogens with zero attached hydrogens (tertiary/aromatic N) is 1. The number of methoxy groups -OCH3 is 1. The minimum absolute atomic E-state index is 0.100. The molecule has 0 amide bonds. The second-order valence-corrected chi connectivity index (χ2v) is 8.50. The quantitative estimate of drug-likeness (QED) is 0.556. The van der Waals surface area contributed by atoms with Gasteiger partial charge in [0.15, 0.2) is 0 Å². The van der Waals surface area contributed by atoms with E-state index in [0.29, 0.717) is 24.1 Å². The van der Waals surface area contributed by atoms with Crippen LogP contribution < -0.4 is 10.0 Å². The van der Waals surface area contributed by atoms with Gasteiger partial charge in [-0.05, 0) is 43.2 Å². The van der Waals surface area contributed by atoms with Gasteiger partial charge in [0, 0.05) is 6.04 Å². The molecule has 0 spiro atoms. The number of esters is 1. The first kappa shape index (κ1) is 19.6. The van der Waals surface area contributed by atoms with Gasteiger partial charge in [-0.15, -0.1) is 0 Å². The van der Waals surface area contributed by atoms with Crippen LogP contribution in [0, 0.1) is 0 Å². The standard InChI is InChI=1S/C20H24NO5P/c1-3-25-20(22)15-21-19(16-7-5-4-6-8-16)13-14-26-27(21,23)18-11-9-17(24-2)10-12-18/h4-12,19H,3,13-15H2,1-2H3. The number of rotatable bonds is 6. The molecule has 0 radical (unpaired) electrons. The lowest BCUT2D eigenvalue weighted by molar-refractivity contribution is -0.144. The average Bonchev–Trinajstić information content (AvgIpc) is 2.70. The smallest absolute Gasteiger partial charge is 0.320 e. The molecule has 1 heterocycles. The van der Waals surface area contributed by atoms with Crippen LogP contribution in [-0.4, -0.2) is 37.5 Å². The van der Waals surface area contributed by atoms with Gasteiger partial charge >= 0.3 is 13.5 Å². The molecule has 0 aromatic heterocycles. The van der Waals surface area contributed by atoms with Crippen molar-refractivity contribution in [3.8, 4) is 5.75 Å². The van der Waals surface area contributed by atoms with Crippen molar-refractivity contribution in [2.75, 3.05) is 26.9 Å². The van der Waals surface area contributed by atoms with Gasteiger partial charge < -0.3 is 14.0 Å². The third-order valence-electron chi connectivity index (χ3n) is 4.54. The van der Waals surface area contributed by atoms with E-state index < -0.39 is 13.5 Å². The molecule has 2 unspecified atom stereocenters. The van der Waals surface area contributed by atoms with Crippen molar-refractivity contribution in [3.63, 3.8) is 0 Å². The van der Waals surface area contributed by atoms with Crippen LogP contribution in [0.25, 0.3) is 0 Å². The van der Waals surface area contributed by atoms with E-state index in [1.54, 1.807) is 43.0 Å². The summed E-state index contributed by atoms with van der Waals surface area (Å²) in [6.45, 7) is 2.28. The Morgan fingerprint density at radius 2 is 1.89 bits per heavy atom. The van der Waals surface area contributed by atoms with Gasteiger partial charge in [-0.1, -0.05) is 30.3 Å². The summed E-state index contributed by atoms with van der Waals surface area (Å²) >= 11 is 0. The predicted octanol–water partition coefficient (Wildman–Crippen LogP) is 3.54. The van der Waals surface area contributed by atoms with Crippen molar-refractivity contribution in [1.82, 2.24) is 4.67 Å². The maximum atomic E-state index is 13.9. The van der Waals surface area contributed by atoms with Crippen molar-refractivity contribution in [2.45, 2.75) is 19.4 Å². The van der Waals surface area contributed by atoms with Crippen LogP contribution in [0.4, 0.5) is 0 Å². The Bertz CT molecular complexity index is 809. The Labute approximate surface area is 159 Å². The number of hydrogen-bond acceptors (Lipinski definition) is 5. The molecule has 144 valence electrons. The zero-order valence-electron chi connectivity index (χ0n) is 15.5. The lowest BCUT2D eigenvalue weighted by atomic mass is 10.0. The van der Waals surface area contributed by atoms with E-state index >= 15 is 0 Å². The molecule has 2 atom stereocenters. The molecule has 1 fully saturated rings. The summed E-state index contributed by atoms with van der Waals surface area (Å²) in [5, 5.41) is 0.535. The highest BCUT2D eigenvalue weighted by atomic mass is 31.2. The highest BCUT2D eigenvalue weighted by molar-refractivity contribution is 7.64. The van der Waals surface area contributed by atoms with E-state index in [9.17, 15) is 9.36 Å². The maximum Gasteiger partial charge on any atom is 0.320 e. The normalized spacial score (nSPS) is 23.0. The molecule has 27 heavy (non-hydrogen) atoms. The molecule has 0 aliphatic carbocycles. The number of ether oxygens (including phenoxy) is 2. The monoisotopic (exact) mass is 389 g/mol. The minimum atomic E-state index is -3.43. The van der Waals surface area contributed by atoms with Crippen LogP contribution >= 0.6 is 7.52 Å². The highest BCUT2D eigenvalue weighted by Crippen LogP contribution is 2.57. The Hall–Kier alpha value is -2.14. The number of carbonyl (C=O) groups excluding carboxylic acids is 1. The molecule has 1 aliphatic heterocycles. The summed E-state index contributed by atoms with van der Waals surface area (Å²) < 4.78 is 31.7. The van der Waals surface area contributed by atoms with Crippen molar-refractivity contribution in [1.29, 1.82) is 0 Å². The van der Waals surface area contributed by atoms with Gasteiger partial charge in [0.1, 0.15) is 12.3 Å². The molecular formula is C20H24NO5P. The van der Waals surface area contributed by atoms with Crippen LogP contribution in [0.3, 0.4) is 0 Å². The molecule has 1 saturated heterocycles. The summed E-state index contributed by atoms with van der Waals surface area (Å²) in [6.07, 6.45) is 0.642. The Balaban J connectivity index is 2.00. The summed E-state index contributed by atoms with van der Waals surface area (Å²) in [6, 6.07) is 16.5. The molecule has 1 aliphatic rings. The van der Waals surface area contributed by atoms with E-state index in [-0.39, 0.29) is 19.2 Å². The Morgan fingerprint density at radius 1 is 1.19 bits per heavy atom. The van der Waals surface area contributed by atoms with E-state index in [2.05, 4.69) is 0 Å². The van der Waals surface area contributed by atoms with Gasteiger partial charge in [0.05, 0.1) is 25.6 Å². The maximum absolute atomic E-state index is 13.9. The molecule has 0 N–H and O–H groups in total. The lowest BCUT2D eigenvalue weighted by Crippen LogP contribution is -2.39. The van der Waals surface area contributed by atoms with Crippen LogP contribution in [0.2, 0.25) is 0 Å². The minimum Gasteiger partial charge on any atom is -0.497 e. The van der Waals surface area contributed by atoms with Crippen molar-refractivity contribution < 1.29 is 23.4 Å². The second kappa shape index (κ2) is 8.70. The highest BCUT2D eigenvalue weighted by Gasteiger charge is 2.44. The van der Waals surface area contributed by atoms with E-state index in [1.165, 1.54) is 0 Å². The van der Waals surface area contributed by atoms with Crippen LogP contribution in [0.15, 0.2) is 54.6 Å². The van der Waals surface area contributed by atoms with Crippen molar-refractivity contribution in [3.05, 3.63) is 60.2 Å². The molecular weight excluding hydrogens is 365 g/mol.